The van der Waals surface area contributed by atoms with Crippen LogP contribution in [0.5, 0.6) is 5.75 Å². The Morgan fingerprint density at radius 3 is 2.64 bits per heavy atom. The fourth-order valence-corrected chi connectivity index (χ4v) is 3.07. The summed E-state index contributed by atoms with van der Waals surface area (Å²) in [5.41, 5.74) is 21.6. The highest BCUT2D eigenvalue weighted by Crippen LogP contribution is 2.28. The summed E-state index contributed by atoms with van der Waals surface area (Å²) >= 11 is 0. The van der Waals surface area contributed by atoms with Crippen molar-refractivity contribution >= 4 is 11.5 Å². The van der Waals surface area contributed by atoms with Gasteiger partial charge in [0, 0.05) is 23.8 Å². The molecule has 5 heteroatoms. The van der Waals surface area contributed by atoms with Crippen molar-refractivity contribution in [1.82, 2.24) is 0 Å². The molecule has 0 saturated heterocycles. The SMILES string of the molecule is C=C(/C=C\C(=C/CCCC)CCN)c1ccc(CC)cc1OC(=N)C=C(N)C/C=C\C=C/N. The van der Waals surface area contributed by atoms with E-state index in [1.54, 1.807) is 12.2 Å². The smallest absolute Gasteiger partial charge is 0.213 e. The zero-order chi connectivity index (χ0) is 24.5. The predicted octanol–water partition coefficient (Wildman–Crippen LogP) is 5.90. The van der Waals surface area contributed by atoms with Gasteiger partial charge in [-0.25, -0.2) is 0 Å². The average Bonchev–Trinajstić information content (AvgIpc) is 2.80. The van der Waals surface area contributed by atoms with Gasteiger partial charge in [0.25, 0.3) is 0 Å². The van der Waals surface area contributed by atoms with Crippen LogP contribution >= 0.6 is 0 Å². The van der Waals surface area contributed by atoms with Crippen molar-refractivity contribution in [3.63, 3.8) is 0 Å². The van der Waals surface area contributed by atoms with E-state index in [0.29, 0.717) is 24.4 Å². The minimum absolute atomic E-state index is 0.0233. The molecule has 1 aromatic carbocycles. The van der Waals surface area contributed by atoms with Crippen LogP contribution in [0.2, 0.25) is 0 Å². The zero-order valence-electron chi connectivity index (χ0n) is 20.1. The third kappa shape index (κ3) is 11.2. The Labute approximate surface area is 199 Å². The Kier molecular flexibility index (Phi) is 13.7. The summed E-state index contributed by atoms with van der Waals surface area (Å²) in [6.45, 7) is 9.11. The molecular formula is C28H40N4O. The molecule has 7 N–H and O–H groups in total. The van der Waals surface area contributed by atoms with E-state index < -0.39 is 0 Å². The standard InChI is InChI=1S/C28H40N4O/c1-4-6-8-11-24(17-19-30)14-13-22(3)26-16-15-23(5-2)20-27(26)33-28(32)21-25(31)12-9-7-10-18-29/h7,9-11,13-16,18,20-21,32H,3-6,8,12,17,19,29-31H2,1-2H3/b9-7-,14-13-,18-10-,24-11+,25-21?,32-28?. The largest absolute Gasteiger partial charge is 0.439 e. The number of unbranched alkanes of at least 4 members (excludes halogenated alkanes) is 2. The summed E-state index contributed by atoms with van der Waals surface area (Å²) in [6.07, 6.45) is 20.2. The highest BCUT2D eigenvalue weighted by atomic mass is 16.5. The van der Waals surface area contributed by atoms with Gasteiger partial charge in [0.1, 0.15) is 5.75 Å². The van der Waals surface area contributed by atoms with Crippen molar-refractivity contribution in [2.45, 2.75) is 52.4 Å². The maximum absolute atomic E-state index is 8.25. The van der Waals surface area contributed by atoms with Crippen molar-refractivity contribution in [2.24, 2.45) is 17.2 Å². The highest BCUT2D eigenvalue weighted by Gasteiger charge is 2.09. The fourth-order valence-electron chi connectivity index (χ4n) is 3.07. The molecule has 0 aromatic heterocycles. The first-order chi connectivity index (χ1) is 15.9. The molecule has 0 aliphatic carbocycles. The van der Waals surface area contributed by atoms with Gasteiger partial charge in [0.15, 0.2) is 0 Å². The maximum Gasteiger partial charge on any atom is 0.213 e. The first-order valence-electron chi connectivity index (χ1n) is 11.6. The Balaban J connectivity index is 3.05. The number of nitrogens with two attached hydrogens (primary N) is 3. The number of nitrogens with one attached hydrogen (secondary N) is 1. The van der Waals surface area contributed by atoms with Crippen LogP contribution in [0.15, 0.2) is 84.8 Å². The normalized spacial score (nSPS) is 12.8. The number of allylic oxidation sites excluding steroid dienone is 7. The van der Waals surface area contributed by atoms with E-state index >= 15 is 0 Å². The molecule has 0 saturated carbocycles. The van der Waals surface area contributed by atoms with E-state index in [0.717, 1.165) is 42.4 Å². The van der Waals surface area contributed by atoms with E-state index in [9.17, 15) is 0 Å². The molecule has 0 radical (unpaired) electrons. The molecule has 0 amide bonds. The molecule has 0 spiro atoms. The van der Waals surface area contributed by atoms with Crippen LogP contribution in [0.3, 0.4) is 0 Å². The first kappa shape index (κ1) is 27.7. The summed E-state index contributed by atoms with van der Waals surface area (Å²) in [6, 6.07) is 6.01. The number of aryl methyl sites for hydroxylation is 1. The number of benzene rings is 1. The van der Waals surface area contributed by atoms with Crippen molar-refractivity contribution in [2.75, 3.05) is 6.54 Å². The van der Waals surface area contributed by atoms with Crippen molar-refractivity contribution in [3.8, 4) is 5.75 Å². The predicted molar refractivity (Wildman–Crippen MR) is 143 cm³/mol. The molecule has 178 valence electrons. The lowest BCUT2D eigenvalue weighted by molar-refractivity contribution is 0.547. The second kappa shape index (κ2) is 16.3. The topological polar surface area (TPSA) is 111 Å². The summed E-state index contributed by atoms with van der Waals surface area (Å²) < 4.78 is 5.88. The fraction of sp³-hybridized carbons (Fsp3) is 0.321. The number of hydrogen-bond acceptors (Lipinski definition) is 5. The van der Waals surface area contributed by atoms with Crippen LogP contribution in [-0.2, 0) is 6.42 Å². The van der Waals surface area contributed by atoms with Gasteiger partial charge in [-0.15, -0.1) is 0 Å². The number of rotatable bonds is 14. The summed E-state index contributed by atoms with van der Waals surface area (Å²) in [7, 11) is 0. The van der Waals surface area contributed by atoms with Crippen molar-refractivity contribution in [1.29, 1.82) is 5.41 Å². The second-order valence-corrected chi connectivity index (χ2v) is 7.71. The monoisotopic (exact) mass is 448 g/mol. The molecule has 1 aromatic rings. The van der Waals surface area contributed by atoms with Crippen molar-refractivity contribution < 1.29 is 4.74 Å². The van der Waals surface area contributed by atoms with E-state index in [1.807, 2.05) is 24.3 Å². The molecule has 33 heavy (non-hydrogen) atoms. The van der Waals surface area contributed by atoms with Gasteiger partial charge < -0.3 is 21.9 Å². The second-order valence-electron chi connectivity index (χ2n) is 7.71. The summed E-state index contributed by atoms with van der Waals surface area (Å²) in [5, 5.41) is 8.25. The molecule has 0 aliphatic rings. The zero-order valence-corrected chi connectivity index (χ0v) is 20.1. The summed E-state index contributed by atoms with van der Waals surface area (Å²) in [4.78, 5) is 0. The van der Waals surface area contributed by atoms with Crippen LogP contribution in [0.1, 0.15) is 57.1 Å². The van der Waals surface area contributed by atoms with Crippen molar-refractivity contribution in [3.05, 3.63) is 95.9 Å². The molecule has 0 unspecified atom stereocenters. The van der Waals surface area contributed by atoms with Crippen LogP contribution in [0, 0.1) is 5.41 Å². The highest BCUT2D eigenvalue weighted by molar-refractivity contribution is 5.89. The van der Waals surface area contributed by atoms with Gasteiger partial charge in [-0.05, 0) is 55.3 Å². The molecule has 0 heterocycles. The lowest BCUT2D eigenvalue weighted by atomic mass is 10.0. The number of hydrogen-bond donors (Lipinski definition) is 4. The average molecular weight is 449 g/mol. The van der Waals surface area contributed by atoms with Gasteiger partial charge in [-0.1, -0.05) is 81.4 Å². The Bertz CT molecular complexity index is 920. The van der Waals surface area contributed by atoms with E-state index in [2.05, 4.69) is 38.6 Å². The Morgan fingerprint density at radius 1 is 1.18 bits per heavy atom. The minimum atomic E-state index is -0.0233. The summed E-state index contributed by atoms with van der Waals surface area (Å²) in [5.74, 6) is 0.569. The van der Waals surface area contributed by atoms with Crippen LogP contribution in [-0.4, -0.2) is 12.4 Å². The molecule has 5 nitrogen and oxygen atoms in total. The molecule has 0 bridgehead atoms. The van der Waals surface area contributed by atoms with E-state index in [1.165, 1.54) is 24.3 Å². The molecule has 0 atom stereocenters. The molecular weight excluding hydrogens is 408 g/mol. The van der Waals surface area contributed by atoms with Gasteiger partial charge in [0.2, 0.25) is 5.90 Å². The molecule has 0 aliphatic heterocycles. The third-order valence-corrected chi connectivity index (χ3v) is 4.94. The van der Waals surface area contributed by atoms with E-state index in [4.69, 9.17) is 27.3 Å². The van der Waals surface area contributed by atoms with Crippen LogP contribution in [0.4, 0.5) is 0 Å². The maximum atomic E-state index is 8.25. The number of ether oxygens (including phenoxy) is 1. The molecule has 1 rings (SSSR count). The van der Waals surface area contributed by atoms with Gasteiger partial charge in [-0.2, -0.15) is 0 Å². The van der Waals surface area contributed by atoms with E-state index in [-0.39, 0.29) is 5.90 Å². The van der Waals surface area contributed by atoms with Gasteiger partial charge >= 0.3 is 0 Å². The third-order valence-electron chi connectivity index (χ3n) is 4.94. The van der Waals surface area contributed by atoms with Crippen LogP contribution < -0.4 is 21.9 Å². The van der Waals surface area contributed by atoms with Gasteiger partial charge in [-0.3, -0.25) is 5.41 Å². The minimum Gasteiger partial charge on any atom is -0.439 e. The molecule has 0 fully saturated rings. The first-order valence-corrected chi connectivity index (χ1v) is 11.6. The quantitative estimate of drug-likeness (QED) is 0.123. The lowest BCUT2D eigenvalue weighted by Gasteiger charge is -2.13. The lowest BCUT2D eigenvalue weighted by Crippen LogP contribution is -2.09. The Hall–Kier alpha value is -3.31. The van der Waals surface area contributed by atoms with Crippen LogP contribution in [0.25, 0.3) is 5.57 Å². The van der Waals surface area contributed by atoms with Gasteiger partial charge in [0.05, 0.1) is 0 Å². The Morgan fingerprint density at radius 2 is 1.97 bits per heavy atom.